The third-order valence-corrected chi connectivity index (χ3v) is 3.81. The van der Waals surface area contributed by atoms with Gasteiger partial charge in [0.15, 0.2) is 0 Å². The minimum absolute atomic E-state index is 0.365. The number of pyridine rings is 1. The van der Waals surface area contributed by atoms with E-state index in [0.29, 0.717) is 10.7 Å². The summed E-state index contributed by atoms with van der Waals surface area (Å²) in [6.45, 7) is 3.38. The zero-order valence-corrected chi connectivity index (χ0v) is 12.5. The van der Waals surface area contributed by atoms with E-state index in [9.17, 15) is 0 Å². The van der Waals surface area contributed by atoms with Gasteiger partial charge in [-0.05, 0) is 45.0 Å². The van der Waals surface area contributed by atoms with Crippen molar-refractivity contribution in [2.45, 2.75) is 12.8 Å². The van der Waals surface area contributed by atoms with Crippen molar-refractivity contribution in [3.8, 4) is 0 Å². The van der Waals surface area contributed by atoms with Gasteiger partial charge in [-0.1, -0.05) is 12.2 Å². The van der Waals surface area contributed by atoms with Crippen LogP contribution in [0.4, 0.5) is 5.69 Å². The number of piperidine rings is 1. The largest absolute Gasteiger partial charge is 0.388 e. The van der Waals surface area contributed by atoms with Crippen molar-refractivity contribution in [2.24, 2.45) is 11.7 Å². The number of thiocarbonyl (C=S) groups is 1. The van der Waals surface area contributed by atoms with Gasteiger partial charge >= 0.3 is 0 Å². The number of hydrogen-bond acceptors (Lipinski definition) is 4. The zero-order chi connectivity index (χ0) is 13.8. The molecule has 104 valence electrons. The number of anilines is 1. The Morgan fingerprint density at radius 3 is 2.74 bits per heavy atom. The Morgan fingerprint density at radius 2 is 2.16 bits per heavy atom. The highest BCUT2D eigenvalue weighted by atomic mass is 32.1. The van der Waals surface area contributed by atoms with Gasteiger partial charge in [-0.3, -0.25) is 4.98 Å². The molecule has 0 bridgehead atoms. The van der Waals surface area contributed by atoms with Crippen LogP contribution < -0.4 is 10.6 Å². The first-order valence-corrected chi connectivity index (χ1v) is 7.12. The lowest BCUT2D eigenvalue weighted by Gasteiger charge is -2.34. The fraction of sp³-hybridized carbons (Fsp3) is 0.571. The van der Waals surface area contributed by atoms with E-state index in [4.69, 9.17) is 18.0 Å². The molecule has 0 atom stereocenters. The van der Waals surface area contributed by atoms with E-state index < -0.39 is 0 Å². The molecule has 19 heavy (non-hydrogen) atoms. The normalized spacial score (nSPS) is 16.9. The highest BCUT2D eigenvalue weighted by Crippen LogP contribution is 2.23. The van der Waals surface area contributed by atoms with Gasteiger partial charge in [-0.15, -0.1) is 0 Å². The van der Waals surface area contributed by atoms with Crippen LogP contribution in [0.5, 0.6) is 0 Å². The lowest BCUT2D eigenvalue weighted by Crippen LogP contribution is -2.37. The number of rotatable bonds is 4. The summed E-state index contributed by atoms with van der Waals surface area (Å²) < 4.78 is 0. The number of hydrogen-bond donors (Lipinski definition) is 1. The number of nitrogens with two attached hydrogens (primary N) is 1. The summed E-state index contributed by atoms with van der Waals surface area (Å²) in [5, 5.41) is 0. The molecule has 0 radical (unpaired) electrons. The van der Waals surface area contributed by atoms with E-state index in [1.165, 1.54) is 25.1 Å². The van der Waals surface area contributed by atoms with Crippen molar-refractivity contribution >= 4 is 22.9 Å². The van der Waals surface area contributed by atoms with Crippen LogP contribution in [0, 0.1) is 5.92 Å². The van der Waals surface area contributed by atoms with Crippen LogP contribution in [-0.4, -0.2) is 48.6 Å². The quantitative estimate of drug-likeness (QED) is 0.846. The molecule has 0 amide bonds. The van der Waals surface area contributed by atoms with E-state index in [-0.39, 0.29) is 0 Å². The van der Waals surface area contributed by atoms with E-state index >= 15 is 0 Å². The van der Waals surface area contributed by atoms with Gasteiger partial charge in [0.25, 0.3) is 0 Å². The predicted molar refractivity (Wildman–Crippen MR) is 83.6 cm³/mol. The fourth-order valence-corrected chi connectivity index (χ4v) is 2.75. The van der Waals surface area contributed by atoms with Gasteiger partial charge in [-0.2, -0.15) is 0 Å². The second-order valence-electron chi connectivity index (χ2n) is 5.46. The fourth-order valence-electron chi connectivity index (χ4n) is 2.64. The second kappa shape index (κ2) is 6.30. The molecule has 5 heteroatoms. The lowest BCUT2D eigenvalue weighted by atomic mass is 9.96. The molecule has 1 fully saturated rings. The summed E-state index contributed by atoms with van der Waals surface area (Å²) >= 11 is 4.98. The molecule has 1 aromatic rings. The topological polar surface area (TPSA) is 45.4 Å². The predicted octanol–water partition coefficient (Wildman–Crippen LogP) is 1.49. The van der Waals surface area contributed by atoms with Crippen LogP contribution in [0.1, 0.15) is 18.5 Å². The lowest BCUT2D eigenvalue weighted by molar-refractivity contribution is 0.285. The van der Waals surface area contributed by atoms with Crippen molar-refractivity contribution in [3.63, 3.8) is 0 Å². The highest BCUT2D eigenvalue weighted by Gasteiger charge is 2.20. The summed E-state index contributed by atoms with van der Waals surface area (Å²) in [4.78, 5) is 9.23. The van der Waals surface area contributed by atoms with Crippen LogP contribution in [0.25, 0.3) is 0 Å². The van der Waals surface area contributed by atoms with Crippen molar-refractivity contribution in [1.82, 2.24) is 9.88 Å². The standard InChI is InChI=1S/C14H22N4S/c1-17(2)10-11-4-7-18(8-5-11)12-3-6-16-13(9-12)14(15)19/h3,6,9,11H,4-5,7-8,10H2,1-2H3,(H2,15,19). The summed E-state index contributed by atoms with van der Waals surface area (Å²) in [6.07, 6.45) is 4.27. The molecule has 0 spiro atoms. The Balaban J connectivity index is 1.97. The molecule has 0 aliphatic carbocycles. The number of nitrogens with zero attached hydrogens (tertiary/aromatic N) is 3. The van der Waals surface area contributed by atoms with Crippen LogP contribution in [0.15, 0.2) is 18.3 Å². The van der Waals surface area contributed by atoms with Gasteiger partial charge in [-0.25, -0.2) is 0 Å². The average molecular weight is 278 g/mol. The van der Waals surface area contributed by atoms with Gasteiger partial charge in [0.2, 0.25) is 0 Å². The summed E-state index contributed by atoms with van der Waals surface area (Å²) in [5.74, 6) is 0.808. The van der Waals surface area contributed by atoms with Gasteiger partial charge in [0, 0.05) is 31.5 Å². The maximum Gasteiger partial charge on any atom is 0.122 e. The maximum absolute atomic E-state index is 5.63. The van der Waals surface area contributed by atoms with Crippen LogP contribution in [0.3, 0.4) is 0 Å². The first kappa shape index (κ1) is 14.2. The first-order chi connectivity index (χ1) is 9.06. The minimum atomic E-state index is 0.365. The third kappa shape index (κ3) is 3.88. The SMILES string of the molecule is CN(C)CC1CCN(c2ccnc(C(N)=S)c2)CC1. The molecule has 1 saturated heterocycles. The smallest absolute Gasteiger partial charge is 0.122 e. The molecule has 2 heterocycles. The highest BCUT2D eigenvalue weighted by molar-refractivity contribution is 7.80. The monoisotopic (exact) mass is 278 g/mol. The van der Waals surface area contributed by atoms with Crippen molar-refractivity contribution in [2.75, 3.05) is 38.6 Å². The van der Waals surface area contributed by atoms with E-state index in [2.05, 4.69) is 28.9 Å². The van der Waals surface area contributed by atoms with Crippen LogP contribution in [0.2, 0.25) is 0 Å². The van der Waals surface area contributed by atoms with E-state index in [1.54, 1.807) is 6.20 Å². The Hall–Kier alpha value is -1.20. The molecule has 2 N–H and O–H groups in total. The van der Waals surface area contributed by atoms with Gasteiger partial charge in [0.1, 0.15) is 4.99 Å². The summed E-state index contributed by atoms with van der Waals surface area (Å²) in [7, 11) is 4.29. The van der Waals surface area contributed by atoms with Crippen molar-refractivity contribution in [1.29, 1.82) is 0 Å². The molecule has 0 unspecified atom stereocenters. The molecule has 2 rings (SSSR count). The molecule has 1 aliphatic heterocycles. The molecule has 0 saturated carbocycles. The number of aromatic nitrogens is 1. The Labute approximate surface area is 120 Å². The first-order valence-electron chi connectivity index (χ1n) is 6.72. The van der Waals surface area contributed by atoms with E-state index in [0.717, 1.165) is 19.0 Å². The Morgan fingerprint density at radius 1 is 1.47 bits per heavy atom. The van der Waals surface area contributed by atoms with Crippen molar-refractivity contribution < 1.29 is 0 Å². The van der Waals surface area contributed by atoms with Gasteiger partial charge < -0.3 is 15.5 Å². The zero-order valence-electron chi connectivity index (χ0n) is 11.7. The summed E-state index contributed by atoms with van der Waals surface area (Å²) in [6, 6.07) is 4.03. The minimum Gasteiger partial charge on any atom is -0.388 e. The van der Waals surface area contributed by atoms with E-state index in [1.807, 2.05) is 12.1 Å². The molecule has 0 aromatic carbocycles. The molecule has 4 nitrogen and oxygen atoms in total. The van der Waals surface area contributed by atoms with Gasteiger partial charge in [0.05, 0.1) is 5.69 Å². The Bertz CT molecular complexity index is 439. The van der Waals surface area contributed by atoms with Crippen LogP contribution >= 0.6 is 12.2 Å². The van der Waals surface area contributed by atoms with Crippen LogP contribution in [-0.2, 0) is 0 Å². The van der Waals surface area contributed by atoms with Crippen molar-refractivity contribution in [3.05, 3.63) is 24.0 Å². The second-order valence-corrected chi connectivity index (χ2v) is 5.90. The maximum atomic E-state index is 5.63. The summed E-state index contributed by atoms with van der Waals surface area (Å²) in [5.41, 5.74) is 7.53. The molecular weight excluding hydrogens is 256 g/mol. The average Bonchev–Trinajstić information content (AvgIpc) is 2.39. The molecule has 1 aliphatic rings. The third-order valence-electron chi connectivity index (χ3n) is 3.60. The molecular formula is C14H22N4S. The Kier molecular flexibility index (Phi) is 4.71. The molecule has 1 aromatic heterocycles.